The van der Waals surface area contributed by atoms with E-state index in [1.807, 2.05) is 0 Å². The number of carbonyl (C=O) groups excluding carboxylic acids is 1. The van der Waals surface area contributed by atoms with Gasteiger partial charge in [-0.15, -0.1) is 0 Å². The highest BCUT2D eigenvalue weighted by Gasteiger charge is 2.13. The third-order valence-corrected chi connectivity index (χ3v) is 3.98. The number of hydrogen-bond donors (Lipinski definition) is 2. The molecule has 4 nitrogen and oxygen atoms in total. The molecule has 0 saturated carbocycles. The van der Waals surface area contributed by atoms with Gasteiger partial charge in [-0.1, -0.05) is 11.6 Å². The Hall–Kier alpha value is -1.07. The van der Waals surface area contributed by atoms with Crippen LogP contribution < -0.4 is 11.1 Å². The van der Waals surface area contributed by atoms with E-state index in [0.717, 1.165) is 0 Å². The van der Waals surface area contributed by atoms with Crippen molar-refractivity contribution in [1.29, 1.82) is 0 Å². The molecule has 6 heteroatoms. The Morgan fingerprint density at radius 1 is 1.59 bits per heavy atom. The summed E-state index contributed by atoms with van der Waals surface area (Å²) in [7, 11) is -0.965. The molecule has 0 aliphatic heterocycles. The zero-order chi connectivity index (χ0) is 13.0. The maximum Gasteiger partial charge on any atom is 0.252 e. The molecule has 0 fully saturated rings. The fourth-order valence-electron chi connectivity index (χ4n) is 1.17. The van der Waals surface area contributed by atoms with E-state index in [-0.39, 0.29) is 11.2 Å². The Labute approximate surface area is 108 Å². The van der Waals surface area contributed by atoms with Crippen molar-refractivity contribution in [3.05, 3.63) is 28.8 Å². The van der Waals surface area contributed by atoms with Crippen LogP contribution in [0.1, 0.15) is 17.3 Å². The first-order valence-electron chi connectivity index (χ1n) is 5.07. The van der Waals surface area contributed by atoms with E-state index in [4.69, 9.17) is 17.3 Å². The maximum absolute atomic E-state index is 11.8. The van der Waals surface area contributed by atoms with E-state index in [9.17, 15) is 9.00 Å². The topological polar surface area (TPSA) is 72.2 Å². The lowest BCUT2D eigenvalue weighted by Gasteiger charge is -2.11. The molecule has 0 radical (unpaired) electrons. The molecule has 17 heavy (non-hydrogen) atoms. The first-order chi connectivity index (χ1) is 7.91. The molecule has 2 atom stereocenters. The van der Waals surface area contributed by atoms with Gasteiger partial charge in [0, 0.05) is 34.5 Å². The molecule has 1 aromatic carbocycles. The van der Waals surface area contributed by atoms with Crippen molar-refractivity contribution in [3.8, 4) is 0 Å². The number of carbonyl (C=O) groups is 1. The molecule has 1 amide bonds. The summed E-state index contributed by atoms with van der Waals surface area (Å²) in [4.78, 5) is 11.8. The van der Waals surface area contributed by atoms with Crippen LogP contribution in [0.25, 0.3) is 0 Å². The highest BCUT2D eigenvalue weighted by molar-refractivity contribution is 7.84. The summed E-state index contributed by atoms with van der Waals surface area (Å²) < 4.78 is 11.1. The van der Waals surface area contributed by atoms with Gasteiger partial charge in [0.15, 0.2) is 0 Å². The van der Waals surface area contributed by atoms with Crippen molar-refractivity contribution in [3.63, 3.8) is 0 Å². The van der Waals surface area contributed by atoms with Gasteiger partial charge in [0.2, 0.25) is 0 Å². The van der Waals surface area contributed by atoms with Gasteiger partial charge in [0.05, 0.1) is 10.6 Å². The Balaban J connectivity index is 2.70. The Morgan fingerprint density at radius 3 is 2.82 bits per heavy atom. The number of amides is 1. The molecule has 0 heterocycles. The monoisotopic (exact) mass is 274 g/mol. The third kappa shape index (κ3) is 4.02. The summed E-state index contributed by atoms with van der Waals surface area (Å²) in [5.74, 6) is -0.306. The van der Waals surface area contributed by atoms with Gasteiger partial charge in [-0.3, -0.25) is 9.00 Å². The van der Waals surface area contributed by atoms with Crippen LogP contribution in [0.2, 0.25) is 5.02 Å². The Kier molecular flexibility index (Phi) is 4.96. The second-order valence-corrected chi connectivity index (χ2v) is 5.97. The number of nitrogens with one attached hydrogen (secondary N) is 1. The van der Waals surface area contributed by atoms with Crippen LogP contribution in [0.15, 0.2) is 18.2 Å². The van der Waals surface area contributed by atoms with E-state index in [1.165, 1.54) is 6.07 Å². The number of halogens is 1. The van der Waals surface area contributed by atoms with Gasteiger partial charge in [-0.25, -0.2) is 0 Å². The lowest BCUT2D eigenvalue weighted by molar-refractivity contribution is 0.0954. The van der Waals surface area contributed by atoms with Crippen LogP contribution in [-0.2, 0) is 10.8 Å². The van der Waals surface area contributed by atoms with Crippen LogP contribution in [0.4, 0.5) is 5.69 Å². The fraction of sp³-hybridized carbons (Fsp3) is 0.364. The number of hydrogen-bond acceptors (Lipinski definition) is 3. The lowest BCUT2D eigenvalue weighted by Crippen LogP contribution is -2.32. The minimum atomic E-state index is -0.965. The summed E-state index contributed by atoms with van der Waals surface area (Å²) >= 11 is 5.89. The van der Waals surface area contributed by atoms with Crippen molar-refractivity contribution >= 4 is 34.0 Å². The molecule has 0 bridgehead atoms. The summed E-state index contributed by atoms with van der Waals surface area (Å²) in [5, 5.41) is 2.93. The lowest BCUT2D eigenvalue weighted by atomic mass is 10.2. The summed E-state index contributed by atoms with van der Waals surface area (Å²) in [6.07, 6.45) is 1.60. The second kappa shape index (κ2) is 6.02. The van der Waals surface area contributed by atoms with Crippen LogP contribution >= 0.6 is 11.6 Å². The average Bonchev–Trinajstić information content (AvgIpc) is 2.28. The van der Waals surface area contributed by atoms with Crippen LogP contribution in [0.3, 0.4) is 0 Å². The number of anilines is 1. The smallest absolute Gasteiger partial charge is 0.252 e. The van der Waals surface area contributed by atoms with E-state index in [0.29, 0.717) is 22.8 Å². The minimum Gasteiger partial charge on any atom is -0.399 e. The minimum absolute atomic E-state index is 0.0983. The summed E-state index contributed by atoms with van der Waals surface area (Å²) in [6.45, 7) is 2.14. The molecule has 0 aliphatic carbocycles. The van der Waals surface area contributed by atoms with Gasteiger partial charge in [0.1, 0.15) is 0 Å². The molecule has 0 aromatic heterocycles. The molecular weight excluding hydrogens is 260 g/mol. The SMILES string of the molecule is CC(CNC(=O)c1cc(N)ccc1Cl)S(C)=O. The molecule has 0 spiro atoms. The van der Waals surface area contributed by atoms with Crippen LogP contribution in [0.5, 0.6) is 0 Å². The predicted octanol–water partition coefficient (Wildman–Crippen LogP) is 1.42. The van der Waals surface area contributed by atoms with Crippen LogP contribution in [0, 0.1) is 0 Å². The van der Waals surface area contributed by atoms with E-state index >= 15 is 0 Å². The number of rotatable bonds is 4. The van der Waals surface area contributed by atoms with Gasteiger partial charge >= 0.3 is 0 Å². The highest BCUT2D eigenvalue weighted by atomic mass is 35.5. The van der Waals surface area contributed by atoms with Gasteiger partial charge in [-0.2, -0.15) is 0 Å². The van der Waals surface area contributed by atoms with Crippen molar-refractivity contribution in [1.82, 2.24) is 5.32 Å². The van der Waals surface area contributed by atoms with E-state index in [1.54, 1.807) is 25.3 Å². The zero-order valence-corrected chi connectivity index (χ0v) is 11.3. The molecule has 94 valence electrons. The van der Waals surface area contributed by atoms with Crippen LogP contribution in [-0.4, -0.2) is 28.2 Å². The maximum atomic E-state index is 11.8. The first kappa shape index (κ1) is 14.0. The quantitative estimate of drug-likeness (QED) is 0.816. The summed E-state index contributed by atoms with van der Waals surface area (Å²) in [5.41, 5.74) is 6.39. The van der Waals surface area contributed by atoms with Gasteiger partial charge in [0.25, 0.3) is 5.91 Å². The fourth-order valence-corrected chi connectivity index (χ4v) is 1.69. The highest BCUT2D eigenvalue weighted by Crippen LogP contribution is 2.18. The standard InChI is InChI=1S/C11H15ClN2O2S/c1-7(17(2)16)6-14-11(15)9-5-8(13)3-4-10(9)12/h3-5,7H,6,13H2,1-2H3,(H,14,15). The normalized spacial score (nSPS) is 14.1. The van der Waals surface area contributed by atoms with Gasteiger partial charge < -0.3 is 11.1 Å². The van der Waals surface area contributed by atoms with Crippen molar-refractivity contribution in [2.24, 2.45) is 0 Å². The molecule has 0 saturated heterocycles. The number of benzene rings is 1. The van der Waals surface area contributed by atoms with E-state index in [2.05, 4.69) is 5.32 Å². The van der Waals surface area contributed by atoms with Gasteiger partial charge in [-0.05, 0) is 25.1 Å². The Bertz CT molecular complexity index is 451. The molecule has 3 N–H and O–H groups in total. The molecule has 1 rings (SSSR count). The Morgan fingerprint density at radius 2 is 2.24 bits per heavy atom. The van der Waals surface area contributed by atoms with Crippen molar-refractivity contribution in [2.75, 3.05) is 18.5 Å². The second-order valence-electron chi connectivity index (χ2n) is 3.76. The summed E-state index contributed by atoms with van der Waals surface area (Å²) in [6, 6.07) is 4.72. The average molecular weight is 275 g/mol. The first-order valence-corrected chi connectivity index (χ1v) is 7.07. The van der Waals surface area contributed by atoms with Crippen molar-refractivity contribution in [2.45, 2.75) is 12.2 Å². The predicted molar refractivity (Wildman–Crippen MR) is 71.7 cm³/mol. The largest absolute Gasteiger partial charge is 0.399 e. The molecular formula is C11H15ClN2O2S. The zero-order valence-electron chi connectivity index (χ0n) is 9.70. The van der Waals surface area contributed by atoms with Crippen molar-refractivity contribution < 1.29 is 9.00 Å². The number of nitrogens with two attached hydrogens (primary N) is 1. The third-order valence-electron chi connectivity index (χ3n) is 2.35. The number of nitrogen functional groups attached to an aromatic ring is 1. The molecule has 2 unspecified atom stereocenters. The molecule has 0 aliphatic rings. The van der Waals surface area contributed by atoms with E-state index < -0.39 is 10.8 Å². The molecule has 1 aromatic rings.